The van der Waals surface area contributed by atoms with Gasteiger partial charge in [-0.15, -0.1) is 5.10 Å². The highest BCUT2D eigenvalue weighted by molar-refractivity contribution is 8.00. The molecule has 1 aliphatic carbocycles. The molecule has 1 fully saturated rings. The molecule has 112 valence electrons. The Hall–Kier alpha value is -1.29. The first-order valence-corrected chi connectivity index (χ1v) is 8.98. The summed E-state index contributed by atoms with van der Waals surface area (Å²) in [5, 5.41) is 14.6. The molecule has 1 aromatic heterocycles. The van der Waals surface area contributed by atoms with Gasteiger partial charge in [0.2, 0.25) is 0 Å². The molecule has 0 bridgehead atoms. The van der Waals surface area contributed by atoms with E-state index in [1.165, 1.54) is 42.9 Å². The van der Waals surface area contributed by atoms with Crippen LogP contribution >= 0.6 is 11.8 Å². The van der Waals surface area contributed by atoms with Crippen LogP contribution < -0.4 is 5.32 Å². The third-order valence-corrected chi connectivity index (χ3v) is 6.07. The van der Waals surface area contributed by atoms with Gasteiger partial charge in [-0.3, -0.25) is 0 Å². The Bertz CT molecular complexity index is 620. The van der Waals surface area contributed by atoms with Crippen molar-refractivity contribution in [1.82, 2.24) is 10.2 Å². The van der Waals surface area contributed by atoms with Gasteiger partial charge in [-0.2, -0.15) is 16.9 Å². The molecule has 1 aromatic carbocycles. The molecule has 0 radical (unpaired) electrons. The lowest BCUT2D eigenvalue weighted by atomic mass is 9.88. The van der Waals surface area contributed by atoms with Crippen LogP contribution in [-0.2, 0) is 0 Å². The lowest BCUT2D eigenvalue weighted by molar-refractivity contribution is 0.411. The second-order valence-electron chi connectivity index (χ2n) is 5.98. The third-order valence-electron chi connectivity index (χ3n) is 4.65. The summed E-state index contributed by atoms with van der Waals surface area (Å²) in [6.07, 6.45) is 8.93. The molecule has 3 rings (SSSR count). The van der Waals surface area contributed by atoms with Gasteiger partial charge in [-0.1, -0.05) is 43.5 Å². The van der Waals surface area contributed by atoms with Crippen molar-refractivity contribution in [3.63, 3.8) is 0 Å². The van der Waals surface area contributed by atoms with Crippen molar-refractivity contribution in [1.29, 1.82) is 0 Å². The fraction of sp³-hybridized carbons (Fsp3) is 0.529. The van der Waals surface area contributed by atoms with Crippen LogP contribution in [0.3, 0.4) is 0 Å². The lowest BCUT2D eigenvalue weighted by Gasteiger charge is -2.36. The monoisotopic (exact) mass is 301 g/mol. The van der Waals surface area contributed by atoms with Crippen molar-refractivity contribution in [2.45, 2.75) is 43.8 Å². The van der Waals surface area contributed by atoms with Gasteiger partial charge < -0.3 is 5.32 Å². The average molecular weight is 301 g/mol. The molecule has 1 saturated carbocycles. The molecule has 0 saturated heterocycles. The number of nitrogens with zero attached hydrogens (tertiary/aromatic N) is 2. The van der Waals surface area contributed by atoms with Crippen molar-refractivity contribution < 1.29 is 0 Å². The van der Waals surface area contributed by atoms with Gasteiger partial charge in [0, 0.05) is 22.1 Å². The van der Waals surface area contributed by atoms with E-state index in [1.54, 1.807) is 0 Å². The summed E-state index contributed by atoms with van der Waals surface area (Å²) in [7, 11) is 0. The Morgan fingerprint density at radius 2 is 1.81 bits per heavy atom. The van der Waals surface area contributed by atoms with Crippen LogP contribution in [0.2, 0.25) is 0 Å². The van der Waals surface area contributed by atoms with E-state index in [0.29, 0.717) is 4.75 Å². The molecule has 0 spiro atoms. The molecule has 0 unspecified atom stereocenters. The molecule has 2 aromatic rings. The van der Waals surface area contributed by atoms with Crippen molar-refractivity contribution in [2.75, 3.05) is 18.1 Å². The van der Waals surface area contributed by atoms with E-state index in [1.807, 2.05) is 18.7 Å². The molecule has 0 atom stereocenters. The van der Waals surface area contributed by atoms with E-state index in [-0.39, 0.29) is 0 Å². The molecule has 4 heteroatoms. The maximum Gasteiger partial charge on any atom is 0.156 e. The minimum atomic E-state index is 0.367. The summed E-state index contributed by atoms with van der Waals surface area (Å²) in [4.78, 5) is 0. The van der Waals surface area contributed by atoms with Gasteiger partial charge in [-0.25, -0.2) is 0 Å². The van der Waals surface area contributed by atoms with E-state index in [4.69, 9.17) is 0 Å². The molecule has 3 nitrogen and oxygen atoms in total. The van der Waals surface area contributed by atoms with E-state index in [9.17, 15) is 0 Å². The van der Waals surface area contributed by atoms with Crippen molar-refractivity contribution in [3.05, 3.63) is 30.0 Å². The van der Waals surface area contributed by atoms with Crippen molar-refractivity contribution in [3.8, 4) is 0 Å². The van der Waals surface area contributed by atoms with Gasteiger partial charge in [0.1, 0.15) is 0 Å². The van der Waals surface area contributed by atoms with Gasteiger partial charge in [0.25, 0.3) is 0 Å². The second kappa shape index (κ2) is 6.22. The van der Waals surface area contributed by atoms with Crippen LogP contribution in [-0.4, -0.2) is 27.7 Å². The van der Waals surface area contributed by atoms with E-state index in [2.05, 4.69) is 46.0 Å². The fourth-order valence-corrected chi connectivity index (χ4v) is 4.18. The Morgan fingerprint density at radius 1 is 1.10 bits per heavy atom. The number of nitrogens with one attached hydrogen (secondary N) is 1. The Labute approximate surface area is 130 Å². The van der Waals surface area contributed by atoms with Gasteiger partial charge in [0.15, 0.2) is 5.82 Å². The summed E-state index contributed by atoms with van der Waals surface area (Å²) < 4.78 is 0.367. The SMILES string of the molecule is CSC1(CNc2nnc(C)c3ccccc23)CCCCC1. The number of thioether (sulfide) groups is 1. The summed E-state index contributed by atoms with van der Waals surface area (Å²) in [5.41, 5.74) is 0.994. The molecular weight excluding hydrogens is 278 g/mol. The van der Waals surface area contributed by atoms with Crippen LogP contribution in [0.1, 0.15) is 37.8 Å². The van der Waals surface area contributed by atoms with Gasteiger partial charge in [-0.05, 0) is 26.0 Å². The number of aryl methyl sites for hydroxylation is 1. The number of fused-ring (bicyclic) bond motifs is 1. The first-order chi connectivity index (χ1) is 10.2. The third kappa shape index (κ3) is 3.00. The van der Waals surface area contributed by atoms with Crippen LogP contribution in [0, 0.1) is 6.92 Å². The molecule has 0 amide bonds. The largest absolute Gasteiger partial charge is 0.367 e. The first-order valence-electron chi connectivity index (χ1n) is 7.75. The summed E-state index contributed by atoms with van der Waals surface area (Å²) >= 11 is 2.01. The van der Waals surface area contributed by atoms with Crippen molar-refractivity contribution in [2.24, 2.45) is 0 Å². The second-order valence-corrected chi connectivity index (χ2v) is 7.26. The number of benzene rings is 1. The highest BCUT2D eigenvalue weighted by Gasteiger charge is 2.31. The minimum Gasteiger partial charge on any atom is -0.367 e. The molecular formula is C17H23N3S. The maximum absolute atomic E-state index is 4.39. The van der Waals surface area contributed by atoms with E-state index in [0.717, 1.165) is 18.1 Å². The van der Waals surface area contributed by atoms with E-state index >= 15 is 0 Å². The zero-order chi connectivity index (χ0) is 14.7. The quantitative estimate of drug-likeness (QED) is 0.907. The predicted octanol–water partition coefficient (Wildman–Crippen LogP) is 4.42. The maximum atomic E-state index is 4.39. The van der Waals surface area contributed by atoms with Crippen molar-refractivity contribution >= 4 is 28.4 Å². The number of aromatic nitrogens is 2. The van der Waals surface area contributed by atoms with Crippen LogP contribution in [0.5, 0.6) is 0 Å². The Morgan fingerprint density at radius 3 is 2.52 bits per heavy atom. The molecule has 1 N–H and O–H groups in total. The van der Waals surface area contributed by atoms with Crippen LogP contribution in [0.25, 0.3) is 10.8 Å². The number of anilines is 1. The number of hydrogen-bond donors (Lipinski definition) is 1. The summed E-state index contributed by atoms with van der Waals surface area (Å²) in [5.74, 6) is 0.926. The lowest BCUT2D eigenvalue weighted by Crippen LogP contribution is -2.35. The summed E-state index contributed by atoms with van der Waals surface area (Å²) in [6, 6.07) is 8.38. The Kier molecular flexibility index (Phi) is 4.34. The zero-order valence-electron chi connectivity index (χ0n) is 12.9. The minimum absolute atomic E-state index is 0.367. The summed E-state index contributed by atoms with van der Waals surface area (Å²) in [6.45, 7) is 3.00. The zero-order valence-corrected chi connectivity index (χ0v) is 13.7. The van der Waals surface area contributed by atoms with Crippen LogP contribution in [0.4, 0.5) is 5.82 Å². The average Bonchev–Trinajstić information content (AvgIpc) is 2.55. The highest BCUT2D eigenvalue weighted by atomic mass is 32.2. The molecule has 1 heterocycles. The predicted molar refractivity (Wildman–Crippen MR) is 92.1 cm³/mol. The topological polar surface area (TPSA) is 37.8 Å². The number of hydrogen-bond acceptors (Lipinski definition) is 4. The van der Waals surface area contributed by atoms with E-state index < -0.39 is 0 Å². The molecule has 1 aliphatic rings. The van der Waals surface area contributed by atoms with Gasteiger partial charge in [0.05, 0.1) is 5.69 Å². The normalized spacial score (nSPS) is 17.8. The first kappa shape index (κ1) is 14.6. The molecule has 21 heavy (non-hydrogen) atoms. The fourth-order valence-electron chi connectivity index (χ4n) is 3.26. The number of rotatable bonds is 4. The highest BCUT2D eigenvalue weighted by Crippen LogP contribution is 2.38. The smallest absolute Gasteiger partial charge is 0.156 e. The standard InChI is InChI=1S/C17H23N3S/c1-13-14-8-4-5-9-15(14)16(20-19-13)18-12-17(21-2)10-6-3-7-11-17/h4-5,8-9H,3,6-7,10-12H2,1-2H3,(H,18,20). The van der Waals surface area contributed by atoms with Gasteiger partial charge >= 0.3 is 0 Å². The van der Waals surface area contributed by atoms with Crippen LogP contribution in [0.15, 0.2) is 24.3 Å². The molecule has 0 aliphatic heterocycles. The Balaban J connectivity index is 1.83.